The molecule has 28 heavy (non-hydrogen) atoms. The summed E-state index contributed by atoms with van der Waals surface area (Å²) < 4.78 is 5.42. The normalized spacial score (nSPS) is 17.0. The number of amidine groups is 1. The molecule has 3 rings (SSSR count). The quantitative estimate of drug-likeness (QED) is 0.635. The van der Waals surface area contributed by atoms with Crippen molar-refractivity contribution < 1.29 is 14.6 Å². The number of rotatable bonds is 6. The number of carbonyl (C=O) groups excluding carboxylic acids is 1. The number of ether oxygens (including phenoxy) is 1. The highest BCUT2D eigenvalue weighted by molar-refractivity contribution is 8.18. The minimum Gasteiger partial charge on any atom is -0.504 e. The Bertz CT molecular complexity index is 926. The molecule has 1 N–H and O–H groups in total. The zero-order chi connectivity index (χ0) is 20.1. The molecule has 1 amide bonds. The molecule has 2 aromatic rings. The van der Waals surface area contributed by atoms with Gasteiger partial charge >= 0.3 is 0 Å². The molecule has 2 aromatic carbocycles. The third-order valence-corrected chi connectivity index (χ3v) is 5.26. The molecular formula is C21H21ClN2O3S. The van der Waals surface area contributed by atoms with Gasteiger partial charge in [0.25, 0.3) is 5.91 Å². The van der Waals surface area contributed by atoms with Crippen molar-refractivity contribution in [3.05, 3.63) is 58.0 Å². The van der Waals surface area contributed by atoms with Crippen LogP contribution in [0.15, 0.2) is 52.4 Å². The van der Waals surface area contributed by atoms with Gasteiger partial charge in [0.1, 0.15) is 0 Å². The lowest BCUT2D eigenvalue weighted by atomic mass is 10.1. The molecule has 5 nitrogen and oxygen atoms in total. The predicted octanol–water partition coefficient (Wildman–Crippen LogP) is 5.46. The standard InChI is InChI=1S/C21H21ClN2O3S/c1-3-12-24-20(26)18(13-14-6-5-7-17(19(14)25)27-4-2)28-21(24)23-16-10-8-15(22)9-11-16/h5-11,13,25H,3-4,12H2,1-2H3/b18-13-,23-21?. The van der Waals surface area contributed by atoms with Crippen molar-refractivity contribution in [1.82, 2.24) is 4.90 Å². The van der Waals surface area contributed by atoms with Crippen LogP contribution in [0.4, 0.5) is 5.69 Å². The first-order valence-corrected chi connectivity index (χ1v) is 10.2. The molecule has 1 fully saturated rings. The van der Waals surface area contributed by atoms with E-state index in [9.17, 15) is 9.90 Å². The number of thioether (sulfide) groups is 1. The number of halogens is 1. The van der Waals surface area contributed by atoms with Crippen molar-refractivity contribution in [2.24, 2.45) is 4.99 Å². The summed E-state index contributed by atoms with van der Waals surface area (Å²) in [5.74, 6) is 0.295. The molecule has 0 atom stereocenters. The highest BCUT2D eigenvalue weighted by Gasteiger charge is 2.33. The topological polar surface area (TPSA) is 62.1 Å². The predicted molar refractivity (Wildman–Crippen MR) is 115 cm³/mol. The molecule has 146 valence electrons. The van der Waals surface area contributed by atoms with Crippen LogP contribution in [-0.2, 0) is 4.79 Å². The van der Waals surface area contributed by atoms with E-state index in [0.717, 1.165) is 12.1 Å². The molecule has 1 aliphatic heterocycles. The van der Waals surface area contributed by atoms with Gasteiger partial charge in [0.15, 0.2) is 16.7 Å². The molecular weight excluding hydrogens is 396 g/mol. The number of phenolic OH excluding ortho intramolecular Hbond substituents is 1. The van der Waals surface area contributed by atoms with Gasteiger partial charge in [-0.25, -0.2) is 4.99 Å². The molecule has 0 radical (unpaired) electrons. The smallest absolute Gasteiger partial charge is 0.266 e. The summed E-state index contributed by atoms with van der Waals surface area (Å²) in [4.78, 5) is 19.7. The number of carbonyl (C=O) groups is 1. The Morgan fingerprint density at radius 1 is 1.21 bits per heavy atom. The molecule has 0 aliphatic carbocycles. The van der Waals surface area contributed by atoms with E-state index in [1.165, 1.54) is 11.8 Å². The Morgan fingerprint density at radius 2 is 1.96 bits per heavy atom. The van der Waals surface area contributed by atoms with Crippen LogP contribution in [0.1, 0.15) is 25.8 Å². The molecule has 1 aliphatic rings. The van der Waals surface area contributed by atoms with Crippen molar-refractivity contribution in [2.45, 2.75) is 20.3 Å². The lowest BCUT2D eigenvalue weighted by molar-refractivity contribution is -0.122. The van der Waals surface area contributed by atoms with Crippen LogP contribution in [0.25, 0.3) is 6.08 Å². The largest absolute Gasteiger partial charge is 0.504 e. The molecule has 0 spiro atoms. The van der Waals surface area contributed by atoms with E-state index in [4.69, 9.17) is 16.3 Å². The first-order valence-electron chi connectivity index (χ1n) is 9.04. The van der Waals surface area contributed by atoms with Crippen molar-refractivity contribution in [3.8, 4) is 11.5 Å². The summed E-state index contributed by atoms with van der Waals surface area (Å²) in [5, 5.41) is 11.7. The zero-order valence-electron chi connectivity index (χ0n) is 15.7. The van der Waals surface area contributed by atoms with Crippen LogP contribution in [-0.4, -0.2) is 34.2 Å². The lowest BCUT2D eigenvalue weighted by Gasteiger charge is -2.14. The maximum atomic E-state index is 12.9. The fraction of sp³-hybridized carbons (Fsp3) is 0.238. The third kappa shape index (κ3) is 4.51. The van der Waals surface area contributed by atoms with Crippen LogP contribution in [0, 0.1) is 0 Å². The van der Waals surface area contributed by atoms with Gasteiger partial charge in [-0.15, -0.1) is 0 Å². The molecule has 0 aromatic heterocycles. The van der Waals surface area contributed by atoms with E-state index in [0.29, 0.717) is 39.6 Å². The molecule has 0 bridgehead atoms. The number of phenols is 1. The van der Waals surface area contributed by atoms with Gasteiger partial charge < -0.3 is 9.84 Å². The third-order valence-electron chi connectivity index (χ3n) is 4.00. The molecule has 0 unspecified atom stereocenters. The van der Waals surface area contributed by atoms with Crippen molar-refractivity contribution in [2.75, 3.05) is 13.2 Å². The van der Waals surface area contributed by atoms with Crippen molar-refractivity contribution in [1.29, 1.82) is 0 Å². The van der Waals surface area contributed by atoms with Gasteiger partial charge in [0.05, 0.1) is 17.2 Å². The van der Waals surface area contributed by atoms with E-state index < -0.39 is 0 Å². The summed E-state index contributed by atoms with van der Waals surface area (Å²) in [6.45, 7) is 4.88. The number of aliphatic imine (C=N–C) groups is 1. The zero-order valence-corrected chi connectivity index (χ0v) is 17.3. The second kappa shape index (κ2) is 9.17. The Kier molecular flexibility index (Phi) is 6.65. The maximum Gasteiger partial charge on any atom is 0.266 e. The van der Waals surface area contributed by atoms with Crippen molar-refractivity contribution in [3.63, 3.8) is 0 Å². The van der Waals surface area contributed by atoms with Crippen LogP contribution in [0.2, 0.25) is 5.02 Å². The number of hydrogen-bond acceptors (Lipinski definition) is 5. The number of amides is 1. The van der Waals surface area contributed by atoms with Gasteiger partial charge in [-0.3, -0.25) is 9.69 Å². The van der Waals surface area contributed by atoms with E-state index in [1.54, 1.807) is 41.3 Å². The average Bonchev–Trinajstić information content (AvgIpc) is 2.96. The Balaban J connectivity index is 1.95. The summed E-state index contributed by atoms with van der Waals surface area (Å²) >= 11 is 7.22. The highest BCUT2D eigenvalue weighted by atomic mass is 35.5. The second-order valence-electron chi connectivity index (χ2n) is 6.07. The number of benzene rings is 2. The Hall–Kier alpha value is -2.44. The lowest BCUT2D eigenvalue weighted by Crippen LogP contribution is -2.29. The highest BCUT2D eigenvalue weighted by Crippen LogP contribution is 2.37. The van der Waals surface area contributed by atoms with Crippen LogP contribution in [0.3, 0.4) is 0 Å². The number of para-hydroxylation sites is 1. The number of nitrogens with zero attached hydrogens (tertiary/aromatic N) is 2. The molecule has 1 saturated heterocycles. The van der Waals surface area contributed by atoms with E-state index >= 15 is 0 Å². The molecule has 0 saturated carbocycles. The van der Waals surface area contributed by atoms with Gasteiger partial charge in [-0.2, -0.15) is 0 Å². The summed E-state index contributed by atoms with van der Waals surface area (Å²) in [6.07, 6.45) is 2.49. The van der Waals surface area contributed by atoms with Gasteiger partial charge in [0, 0.05) is 17.1 Å². The summed E-state index contributed by atoms with van der Waals surface area (Å²) in [6, 6.07) is 12.4. The van der Waals surface area contributed by atoms with Crippen LogP contribution >= 0.6 is 23.4 Å². The van der Waals surface area contributed by atoms with Crippen LogP contribution < -0.4 is 4.74 Å². The fourth-order valence-electron chi connectivity index (χ4n) is 2.71. The number of aromatic hydroxyl groups is 1. The first-order chi connectivity index (χ1) is 13.5. The average molecular weight is 417 g/mol. The van der Waals surface area contributed by atoms with E-state index in [-0.39, 0.29) is 11.7 Å². The van der Waals surface area contributed by atoms with Gasteiger partial charge in [-0.05, 0) is 61.5 Å². The summed E-state index contributed by atoms with van der Waals surface area (Å²) in [5.41, 5.74) is 1.26. The van der Waals surface area contributed by atoms with Gasteiger partial charge in [0.2, 0.25) is 0 Å². The first kappa shape index (κ1) is 20.3. The second-order valence-corrected chi connectivity index (χ2v) is 7.51. The maximum absolute atomic E-state index is 12.9. The van der Waals surface area contributed by atoms with E-state index in [2.05, 4.69) is 4.99 Å². The fourth-order valence-corrected chi connectivity index (χ4v) is 3.85. The minimum absolute atomic E-state index is 0.0235. The Morgan fingerprint density at radius 3 is 2.64 bits per heavy atom. The minimum atomic E-state index is -0.124. The Labute approximate surface area is 173 Å². The van der Waals surface area contributed by atoms with Crippen LogP contribution in [0.5, 0.6) is 11.5 Å². The van der Waals surface area contributed by atoms with Crippen molar-refractivity contribution >= 4 is 46.2 Å². The molecule has 7 heteroatoms. The SMILES string of the molecule is CCCN1C(=O)/C(=C/c2cccc(OCC)c2O)SC1=Nc1ccc(Cl)cc1. The molecule has 1 heterocycles. The van der Waals surface area contributed by atoms with E-state index in [1.807, 2.05) is 26.0 Å². The monoisotopic (exact) mass is 416 g/mol. The summed E-state index contributed by atoms with van der Waals surface area (Å²) in [7, 11) is 0. The van der Waals surface area contributed by atoms with Gasteiger partial charge in [-0.1, -0.05) is 30.7 Å². The number of hydrogen-bond donors (Lipinski definition) is 1.